The molecule has 1 fully saturated rings. The molecule has 18 heavy (non-hydrogen) atoms. The number of hydrogen-bond acceptors (Lipinski definition) is 2. The van der Waals surface area contributed by atoms with Crippen molar-refractivity contribution in [2.24, 2.45) is 0 Å². The number of nitrogens with zero attached hydrogens (tertiary/aromatic N) is 1. The third kappa shape index (κ3) is 2.12. The summed E-state index contributed by atoms with van der Waals surface area (Å²) in [7, 11) is 0. The second-order valence-corrected chi connectivity index (χ2v) is 6.74. The topological polar surface area (TPSA) is 25.2 Å². The summed E-state index contributed by atoms with van der Waals surface area (Å²) in [6.45, 7) is 0. The van der Waals surface area contributed by atoms with Crippen molar-refractivity contribution in [1.29, 1.82) is 0 Å². The molecule has 0 aromatic carbocycles. The Labute approximate surface area is 114 Å². The van der Waals surface area contributed by atoms with Gasteiger partial charge in [0.2, 0.25) is 0 Å². The van der Waals surface area contributed by atoms with E-state index in [-0.39, 0.29) is 6.10 Å². The summed E-state index contributed by atoms with van der Waals surface area (Å²) in [5.74, 6) is 0. The zero-order valence-electron chi connectivity index (χ0n) is 11.1. The highest BCUT2D eigenvalue weighted by Crippen LogP contribution is 2.39. The van der Waals surface area contributed by atoms with Crippen molar-refractivity contribution in [2.45, 2.75) is 62.3 Å². The SMILES string of the molecule is CSC1CCCCC1n1ccc2c1CCCC2O. The minimum atomic E-state index is -0.216. The van der Waals surface area contributed by atoms with Gasteiger partial charge in [0.1, 0.15) is 0 Å². The first kappa shape index (κ1) is 12.6. The normalized spacial score (nSPS) is 32.2. The molecule has 2 aliphatic rings. The maximum atomic E-state index is 10.1. The van der Waals surface area contributed by atoms with E-state index in [1.165, 1.54) is 36.9 Å². The van der Waals surface area contributed by atoms with E-state index in [1.807, 2.05) is 11.8 Å². The van der Waals surface area contributed by atoms with Crippen LogP contribution in [0.3, 0.4) is 0 Å². The number of fused-ring (bicyclic) bond motifs is 1. The molecule has 3 unspecified atom stereocenters. The van der Waals surface area contributed by atoms with Crippen molar-refractivity contribution < 1.29 is 5.11 Å². The molecule has 1 heterocycles. The van der Waals surface area contributed by atoms with Crippen LogP contribution in [0, 0.1) is 0 Å². The third-order valence-corrected chi connectivity index (χ3v) is 5.79. The molecule has 0 aliphatic heterocycles. The fraction of sp³-hybridized carbons (Fsp3) is 0.733. The van der Waals surface area contributed by atoms with Crippen LogP contribution in [0.4, 0.5) is 0 Å². The smallest absolute Gasteiger partial charge is 0.0807 e. The van der Waals surface area contributed by atoms with E-state index in [2.05, 4.69) is 23.1 Å². The Bertz CT molecular complexity index is 415. The van der Waals surface area contributed by atoms with Crippen LogP contribution in [-0.4, -0.2) is 21.2 Å². The van der Waals surface area contributed by atoms with Crippen LogP contribution < -0.4 is 0 Å². The first-order valence-electron chi connectivity index (χ1n) is 7.21. The molecule has 0 spiro atoms. The molecule has 1 N–H and O–H groups in total. The maximum absolute atomic E-state index is 10.1. The summed E-state index contributed by atoms with van der Waals surface area (Å²) < 4.78 is 2.50. The Balaban J connectivity index is 1.91. The van der Waals surface area contributed by atoms with E-state index in [4.69, 9.17) is 0 Å². The molecule has 1 aromatic rings. The van der Waals surface area contributed by atoms with Crippen molar-refractivity contribution >= 4 is 11.8 Å². The molecular weight excluding hydrogens is 242 g/mol. The summed E-state index contributed by atoms with van der Waals surface area (Å²) in [6.07, 6.45) is 12.9. The minimum Gasteiger partial charge on any atom is -0.388 e. The molecular formula is C15H23NOS. The average Bonchev–Trinajstić information content (AvgIpc) is 2.84. The fourth-order valence-corrected chi connectivity index (χ4v) is 4.66. The monoisotopic (exact) mass is 265 g/mol. The highest BCUT2D eigenvalue weighted by Gasteiger charge is 2.29. The maximum Gasteiger partial charge on any atom is 0.0807 e. The molecule has 2 aliphatic carbocycles. The molecule has 3 atom stereocenters. The molecule has 0 amide bonds. The summed E-state index contributed by atoms with van der Waals surface area (Å²) >= 11 is 2.02. The highest BCUT2D eigenvalue weighted by molar-refractivity contribution is 7.99. The van der Waals surface area contributed by atoms with Gasteiger partial charge in [-0.2, -0.15) is 11.8 Å². The molecule has 100 valence electrons. The van der Waals surface area contributed by atoms with Gasteiger partial charge < -0.3 is 9.67 Å². The first-order valence-corrected chi connectivity index (χ1v) is 8.50. The van der Waals surface area contributed by atoms with Gasteiger partial charge in [0.25, 0.3) is 0 Å². The Kier molecular flexibility index (Phi) is 3.71. The molecule has 1 saturated carbocycles. The minimum absolute atomic E-state index is 0.216. The van der Waals surface area contributed by atoms with E-state index in [0.29, 0.717) is 6.04 Å². The van der Waals surface area contributed by atoms with E-state index in [1.54, 1.807) is 0 Å². The summed E-state index contributed by atoms with van der Waals surface area (Å²) in [5, 5.41) is 10.8. The van der Waals surface area contributed by atoms with Gasteiger partial charge in [-0.25, -0.2) is 0 Å². The van der Waals surface area contributed by atoms with Gasteiger partial charge in [-0.3, -0.25) is 0 Å². The van der Waals surface area contributed by atoms with Gasteiger partial charge in [-0.05, 0) is 44.4 Å². The van der Waals surface area contributed by atoms with Crippen LogP contribution >= 0.6 is 11.8 Å². The van der Waals surface area contributed by atoms with Crippen LogP contribution in [0.5, 0.6) is 0 Å². The van der Waals surface area contributed by atoms with E-state index in [0.717, 1.165) is 24.5 Å². The molecule has 0 saturated heterocycles. The summed E-state index contributed by atoms with van der Waals surface area (Å²) in [6, 6.07) is 2.81. The van der Waals surface area contributed by atoms with Gasteiger partial charge in [-0.15, -0.1) is 0 Å². The number of thioether (sulfide) groups is 1. The fourth-order valence-electron chi connectivity index (χ4n) is 3.67. The lowest BCUT2D eigenvalue weighted by Gasteiger charge is -2.34. The van der Waals surface area contributed by atoms with Crippen molar-refractivity contribution in [3.05, 3.63) is 23.5 Å². The molecule has 0 radical (unpaired) electrons. The van der Waals surface area contributed by atoms with Crippen LogP contribution in [-0.2, 0) is 6.42 Å². The lowest BCUT2D eigenvalue weighted by Crippen LogP contribution is -2.27. The molecule has 1 aromatic heterocycles. The first-order chi connectivity index (χ1) is 8.81. The van der Waals surface area contributed by atoms with Crippen molar-refractivity contribution in [1.82, 2.24) is 4.57 Å². The van der Waals surface area contributed by atoms with Gasteiger partial charge in [0.05, 0.1) is 6.10 Å². The Hall–Kier alpha value is -0.410. The van der Waals surface area contributed by atoms with Crippen molar-refractivity contribution in [3.8, 4) is 0 Å². The van der Waals surface area contributed by atoms with E-state index in [9.17, 15) is 5.11 Å². The van der Waals surface area contributed by atoms with Crippen molar-refractivity contribution in [2.75, 3.05) is 6.26 Å². The number of hydrogen-bond donors (Lipinski definition) is 1. The summed E-state index contributed by atoms with van der Waals surface area (Å²) in [4.78, 5) is 0. The third-order valence-electron chi connectivity index (χ3n) is 4.64. The standard InChI is InChI=1S/C15H23NOS/c1-18-15-8-3-2-5-13(15)16-10-9-11-12(16)6-4-7-14(11)17/h9-10,13-15,17H,2-8H2,1H3. The molecule has 3 heteroatoms. The Morgan fingerprint density at radius 1 is 1.22 bits per heavy atom. The highest BCUT2D eigenvalue weighted by atomic mass is 32.2. The zero-order chi connectivity index (χ0) is 12.5. The lowest BCUT2D eigenvalue weighted by molar-refractivity contribution is 0.155. The van der Waals surface area contributed by atoms with Crippen LogP contribution in [0.25, 0.3) is 0 Å². The number of rotatable bonds is 2. The van der Waals surface area contributed by atoms with E-state index < -0.39 is 0 Å². The molecule has 3 rings (SSSR count). The number of aromatic nitrogens is 1. The Morgan fingerprint density at radius 2 is 2.06 bits per heavy atom. The predicted molar refractivity (Wildman–Crippen MR) is 77.1 cm³/mol. The van der Waals surface area contributed by atoms with Gasteiger partial charge in [0, 0.05) is 28.7 Å². The van der Waals surface area contributed by atoms with Crippen LogP contribution in [0.2, 0.25) is 0 Å². The second-order valence-electron chi connectivity index (χ2n) is 5.66. The number of aliphatic hydroxyl groups is 1. The van der Waals surface area contributed by atoms with Gasteiger partial charge in [-0.1, -0.05) is 12.8 Å². The predicted octanol–water partition coefficient (Wildman–Crippen LogP) is 3.70. The molecule has 2 nitrogen and oxygen atoms in total. The zero-order valence-corrected chi connectivity index (χ0v) is 12.0. The number of aliphatic hydroxyl groups excluding tert-OH is 1. The van der Waals surface area contributed by atoms with E-state index >= 15 is 0 Å². The van der Waals surface area contributed by atoms with Gasteiger partial charge >= 0.3 is 0 Å². The van der Waals surface area contributed by atoms with Gasteiger partial charge in [0.15, 0.2) is 0 Å². The molecule has 0 bridgehead atoms. The summed E-state index contributed by atoms with van der Waals surface area (Å²) in [5.41, 5.74) is 2.62. The van der Waals surface area contributed by atoms with Crippen LogP contribution in [0.1, 0.15) is 61.9 Å². The Morgan fingerprint density at radius 3 is 2.89 bits per heavy atom. The lowest BCUT2D eigenvalue weighted by atomic mass is 9.92. The largest absolute Gasteiger partial charge is 0.388 e. The quantitative estimate of drug-likeness (QED) is 0.882. The van der Waals surface area contributed by atoms with Crippen molar-refractivity contribution in [3.63, 3.8) is 0 Å². The average molecular weight is 265 g/mol. The van der Waals surface area contributed by atoms with Crippen LogP contribution in [0.15, 0.2) is 12.3 Å². The second kappa shape index (κ2) is 5.30.